The van der Waals surface area contributed by atoms with E-state index in [1.807, 2.05) is 0 Å². The first kappa shape index (κ1) is 60.4. The first-order valence-corrected chi connectivity index (χ1v) is 28.0. The number of hydrogen-bond donors (Lipinski definition) is 0. The number of carbonyl (C=O) groups is 3. The van der Waals surface area contributed by atoms with E-state index in [1.54, 1.807) is 0 Å². The summed E-state index contributed by atoms with van der Waals surface area (Å²) in [6.45, 7) is 6.70. The summed E-state index contributed by atoms with van der Waals surface area (Å²) in [6.07, 6.45) is 56.6. The largest absolute Gasteiger partial charge is 0.462 e. The molecule has 0 saturated carbocycles. The Labute approximate surface area is 387 Å². The van der Waals surface area contributed by atoms with Crippen LogP contribution in [0.4, 0.5) is 0 Å². The van der Waals surface area contributed by atoms with E-state index in [2.05, 4.69) is 20.8 Å². The molecule has 62 heavy (non-hydrogen) atoms. The van der Waals surface area contributed by atoms with E-state index in [-0.39, 0.29) is 31.1 Å². The van der Waals surface area contributed by atoms with Gasteiger partial charge in [0.2, 0.25) is 0 Å². The average Bonchev–Trinajstić information content (AvgIpc) is 3.27. The Hall–Kier alpha value is -1.59. The molecule has 0 N–H and O–H groups in total. The van der Waals surface area contributed by atoms with Gasteiger partial charge in [0, 0.05) is 19.3 Å². The molecule has 0 aliphatic heterocycles. The molecule has 0 rings (SSSR count). The van der Waals surface area contributed by atoms with Gasteiger partial charge in [-0.15, -0.1) is 0 Å². The predicted molar refractivity (Wildman–Crippen MR) is 266 cm³/mol. The van der Waals surface area contributed by atoms with E-state index in [0.717, 1.165) is 57.8 Å². The normalized spacial score (nSPS) is 11.9. The SMILES string of the molecule is CCCCCCCCCCCCCCCCCCCC(=O)OCC(COC(=O)CCCCCCCCCCCCCC)OC(=O)CCCCCCCCCCCCCCCCC. The van der Waals surface area contributed by atoms with Crippen LogP contribution in [0, 0.1) is 0 Å². The second kappa shape index (κ2) is 52.0. The van der Waals surface area contributed by atoms with Crippen molar-refractivity contribution in [1.82, 2.24) is 0 Å². The van der Waals surface area contributed by atoms with Crippen molar-refractivity contribution in [3.05, 3.63) is 0 Å². The van der Waals surface area contributed by atoms with Crippen molar-refractivity contribution in [2.45, 2.75) is 329 Å². The van der Waals surface area contributed by atoms with Crippen LogP contribution in [0.25, 0.3) is 0 Å². The quantitative estimate of drug-likeness (QED) is 0.0344. The number of ether oxygens (including phenoxy) is 3. The van der Waals surface area contributed by atoms with Gasteiger partial charge in [-0.05, 0) is 19.3 Å². The topological polar surface area (TPSA) is 78.9 Å². The molecule has 6 nitrogen and oxygen atoms in total. The third-order valence-electron chi connectivity index (χ3n) is 12.9. The molecule has 0 heterocycles. The van der Waals surface area contributed by atoms with Gasteiger partial charge in [0.1, 0.15) is 13.2 Å². The van der Waals surface area contributed by atoms with E-state index in [1.165, 1.54) is 225 Å². The highest BCUT2D eigenvalue weighted by atomic mass is 16.6. The monoisotopic (exact) mass is 877 g/mol. The Balaban J connectivity index is 4.28. The van der Waals surface area contributed by atoms with Crippen LogP contribution in [0.5, 0.6) is 0 Å². The zero-order valence-electron chi connectivity index (χ0n) is 42.2. The Morgan fingerprint density at radius 3 is 0.645 bits per heavy atom. The van der Waals surface area contributed by atoms with Crippen LogP contribution in [0.2, 0.25) is 0 Å². The lowest BCUT2D eigenvalue weighted by molar-refractivity contribution is -0.167. The highest BCUT2D eigenvalue weighted by molar-refractivity contribution is 5.71. The second-order valence-electron chi connectivity index (χ2n) is 19.2. The van der Waals surface area contributed by atoms with Crippen molar-refractivity contribution in [2.75, 3.05) is 13.2 Å². The maximum Gasteiger partial charge on any atom is 0.306 e. The molecule has 1 unspecified atom stereocenters. The fourth-order valence-electron chi connectivity index (χ4n) is 8.62. The van der Waals surface area contributed by atoms with Crippen molar-refractivity contribution in [2.24, 2.45) is 0 Å². The number of unbranched alkanes of at least 4 members (excludes halogenated alkanes) is 41. The van der Waals surface area contributed by atoms with E-state index in [4.69, 9.17) is 14.2 Å². The highest BCUT2D eigenvalue weighted by Crippen LogP contribution is 2.17. The summed E-state index contributed by atoms with van der Waals surface area (Å²) in [5.41, 5.74) is 0. The van der Waals surface area contributed by atoms with Gasteiger partial charge in [0.15, 0.2) is 6.10 Å². The van der Waals surface area contributed by atoms with Crippen LogP contribution in [0.1, 0.15) is 323 Å². The van der Waals surface area contributed by atoms with Gasteiger partial charge in [-0.25, -0.2) is 0 Å². The predicted octanol–water partition coefficient (Wildman–Crippen LogP) is 18.4. The molecule has 0 aliphatic carbocycles. The third kappa shape index (κ3) is 49.4. The lowest BCUT2D eigenvalue weighted by Gasteiger charge is -2.18. The highest BCUT2D eigenvalue weighted by Gasteiger charge is 2.19. The van der Waals surface area contributed by atoms with Crippen molar-refractivity contribution < 1.29 is 28.6 Å². The van der Waals surface area contributed by atoms with E-state index in [0.29, 0.717) is 19.3 Å². The molecule has 0 aliphatic rings. The van der Waals surface area contributed by atoms with E-state index >= 15 is 0 Å². The lowest BCUT2D eigenvalue weighted by Crippen LogP contribution is -2.30. The first-order valence-electron chi connectivity index (χ1n) is 28.0. The number of carbonyl (C=O) groups excluding carboxylic acids is 3. The molecular weight excluding hydrogens is 769 g/mol. The van der Waals surface area contributed by atoms with Gasteiger partial charge in [0.05, 0.1) is 0 Å². The zero-order valence-corrected chi connectivity index (χ0v) is 42.2. The molecular formula is C56H108O6. The van der Waals surface area contributed by atoms with E-state index in [9.17, 15) is 14.4 Å². The Morgan fingerprint density at radius 2 is 0.435 bits per heavy atom. The lowest BCUT2D eigenvalue weighted by atomic mass is 10.0. The summed E-state index contributed by atoms with van der Waals surface area (Å²) in [7, 11) is 0. The minimum Gasteiger partial charge on any atom is -0.462 e. The molecule has 0 spiro atoms. The standard InChI is InChI=1S/C56H108O6/c1-4-7-10-13-16-19-22-25-27-28-30-31-34-37-40-43-46-49-55(58)61-52-53(51-60-54(57)48-45-42-39-36-33-24-21-18-15-12-9-6-3)62-56(59)50-47-44-41-38-35-32-29-26-23-20-17-14-11-8-5-2/h53H,4-52H2,1-3H3. The number of esters is 3. The van der Waals surface area contributed by atoms with Gasteiger partial charge in [0.25, 0.3) is 0 Å². The van der Waals surface area contributed by atoms with Gasteiger partial charge < -0.3 is 14.2 Å². The summed E-state index contributed by atoms with van der Waals surface area (Å²) in [5.74, 6) is -0.835. The second-order valence-corrected chi connectivity index (χ2v) is 19.2. The molecule has 0 aromatic rings. The Bertz CT molecular complexity index is 920. The van der Waals surface area contributed by atoms with Gasteiger partial charge in [-0.2, -0.15) is 0 Å². The van der Waals surface area contributed by atoms with Crippen LogP contribution >= 0.6 is 0 Å². The van der Waals surface area contributed by atoms with Crippen molar-refractivity contribution in [3.63, 3.8) is 0 Å². The van der Waals surface area contributed by atoms with Crippen LogP contribution in [0.3, 0.4) is 0 Å². The molecule has 0 bridgehead atoms. The molecule has 6 heteroatoms. The van der Waals surface area contributed by atoms with E-state index < -0.39 is 6.10 Å². The van der Waals surface area contributed by atoms with Crippen LogP contribution in [0.15, 0.2) is 0 Å². The molecule has 0 radical (unpaired) electrons. The maximum atomic E-state index is 12.8. The van der Waals surface area contributed by atoms with Gasteiger partial charge >= 0.3 is 17.9 Å². The fraction of sp³-hybridized carbons (Fsp3) is 0.946. The Kier molecular flexibility index (Phi) is 50.7. The summed E-state index contributed by atoms with van der Waals surface area (Å²) >= 11 is 0. The summed E-state index contributed by atoms with van der Waals surface area (Å²) in [4.78, 5) is 38.0. The third-order valence-corrected chi connectivity index (χ3v) is 12.9. The first-order chi connectivity index (χ1) is 30.5. The molecule has 0 aromatic heterocycles. The Morgan fingerprint density at radius 1 is 0.258 bits per heavy atom. The van der Waals surface area contributed by atoms with Crippen molar-refractivity contribution in [3.8, 4) is 0 Å². The molecule has 0 saturated heterocycles. The van der Waals surface area contributed by atoms with Crippen LogP contribution < -0.4 is 0 Å². The molecule has 0 aromatic carbocycles. The summed E-state index contributed by atoms with van der Waals surface area (Å²) in [6, 6.07) is 0. The van der Waals surface area contributed by atoms with Crippen LogP contribution in [-0.4, -0.2) is 37.2 Å². The molecule has 368 valence electrons. The molecule has 0 fully saturated rings. The molecule has 0 amide bonds. The molecule has 1 atom stereocenters. The van der Waals surface area contributed by atoms with Crippen LogP contribution in [-0.2, 0) is 28.6 Å². The fourth-order valence-corrected chi connectivity index (χ4v) is 8.62. The number of hydrogen-bond acceptors (Lipinski definition) is 6. The van der Waals surface area contributed by atoms with Crippen molar-refractivity contribution >= 4 is 17.9 Å². The summed E-state index contributed by atoms with van der Waals surface area (Å²) in [5, 5.41) is 0. The summed E-state index contributed by atoms with van der Waals surface area (Å²) < 4.78 is 16.9. The minimum atomic E-state index is -0.760. The zero-order chi connectivity index (χ0) is 45.1. The van der Waals surface area contributed by atoms with Crippen molar-refractivity contribution in [1.29, 1.82) is 0 Å². The van der Waals surface area contributed by atoms with Gasteiger partial charge in [-0.1, -0.05) is 284 Å². The number of rotatable bonds is 52. The average molecular weight is 877 g/mol. The maximum absolute atomic E-state index is 12.8. The smallest absolute Gasteiger partial charge is 0.306 e. The minimum absolute atomic E-state index is 0.0612. The van der Waals surface area contributed by atoms with Gasteiger partial charge in [-0.3, -0.25) is 14.4 Å².